The minimum atomic E-state index is 0. The Kier molecular flexibility index (Phi) is 8.97. The molecule has 3 rings (SSSR count). The van der Waals surface area contributed by atoms with Crippen LogP contribution in [0.1, 0.15) is 23.3 Å². The highest BCUT2D eigenvalue weighted by molar-refractivity contribution is 14.0. The molecule has 1 unspecified atom stereocenters. The fourth-order valence-corrected chi connectivity index (χ4v) is 3.17. The number of rotatable bonds is 7. The molecular formula is C20H28IN3O2. The summed E-state index contributed by atoms with van der Waals surface area (Å²) in [7, 11) is 1.70. The highest BCUT2D eigenvalue weighted by Gasteiger charge is 2.19. The summed E-state index contributed by atoms with van der Waals surface area (Å²) in [5.74, 6) is 1.84. The van der Waals surface area contributed by atoms with Gasteiger partial charge < -0.3 is 19.8 Å². The van der Waals surface area contributed by atoms with Gasteiger partial charge in [-0.25, -0.2) is 0 Å². The summed E-state index contributed by atoms with van der Waals surface area (Å²) in [5, 5.41) is 7.00. The Morgan fingerprint density at radius 2 is 2.08 bits per heavy atom. The normalized spacial score (nSPS) is 16.5. The minimum Gasteiger partial charge on any atom is -0.469 e. The van der Waals surface area contributed by atoms with Gasteiger partial charge in [0.05, 0.1) is 19.4 Å². The largest absolute Gasteiger partial charge is 0.469 e. The van der Waals surface area contributed by atoms with Crippen molar-refractivity contribution in [1.29, 1.82) is 0 Å². The molecule has 5 nitrogen and oxygen atoms in total. The van der Waals surface area contributed by atoms with E-state index in [0.29, 0.717) is 19.2 Å². The van der Waals surface area contributed by atoms with Crippen LogP contribution in [0.15, 0.2) is 52.1 Å². The molecule has 0 saturated carbocycles. The molecule has 6 heteroatoms. The maximum Gasteiger partial charge on any atom is 0.191 e. The number of hydrogen-bond donors (Lipinski definition) is 2. The van der Waals surface area contributed by atoms with Gasteiger partial charge in [0.15, 0.2) is 5.96 Å². The number of hydrogen-bond acceptors (Lipinski definition) is 3. The van der Waals surface area contributed by atoms with Gasteiger partial charge in [-0.05, 0) is 42.5 Å². The molecule has 142 valence electrons. The van der Waals surface area contributed by atoms with Crippen molar-refractivity contribution in [3.8, 4) is 0 Å². The van der Waals surface area contributed by atoms with Crippen LogP contribution in [0, 0.1) is 0 Å². The summed E-state index contributed by atoms with van der Waals surface area (Å²) in [4.78, 5) is 4.62. The number of guanidine groups is 1. The number of halogens is 1. The molecule has 1 aromatic heterocycles. The first-order chi connectivity index (χ1) is 12.3. The summed E-state index contributed by atoms with van der Waals surface area (Å²) in [6, 6.07) is 13.0. The molecular weight excluding hydrogens is 441 g/mol. The van der Waals surface area contributed by atoms with Crippen LogP contribution < -0.4 is 10.6 Å². The van der Waals surface area contributed by atoms with E-state index in [1.54, 1.807) is 13.4 Å². The number of methoxy groups -OCH3 is 1. The molecule has 1 atom stereocenters. The van der Waals surface area contributed by atoms with Gasteiger partial charge in [0.1, 0.15) is 5.76 Å². The average molecular weight is 469 g/mol. The number of fused-ring (bicyclic) bond motifs is 1. The van der Waals surface area contributed by atoms with Crippen LogP contribution in [0.3, 0.4) is 0 Å². The van der Waals surface area contributed by atoms with Gasteiger partial charge in [-0.2, -0.15) is 0 Å². The Labute approximate surface area is 172 Å². The molecule has 1 aromatic carbocycles. The van der Waals surface area contributed by atoms with E-state index >= 15 is 0 Å². The number of ether oxygens (including phenoxy) is 1. The molecule has 0 bridgehead atoms. The van der Waals surface area contributed by atoms with E-state index < -0.39 is 0 Å². The maximum absolute atomic E-state index is 5.38. The summed E-state index contributed by atoms with van der Waals surface area (Å²) >= 11 is 0. The Balaban J connectivity index is 0.00000243. The van der Waals surface area contributed by atoms with E-state index in [1.165, 1.54) is 11.1 Å². The zero-order valence-electron chi connectivity index (χ0n) is 15.2. The zero-order chi connectivity index (χ0) is 17.3. The van der Waals surface area contributed by atoms with E-state index in [9.17, 15) is 0 Å². The van der Waals surface area contributed by atoms with Crippen molar-refractivity contribution in [2.24, 2.45) is 4.99 Å². The molecule has 0 aliphatic heterocycles. The van der Waals surface area contributed by atoms with Crippen molar-refractivity contribution < 1.29 is 9.15 Å². The van der Waals surface area contributed by atoms with E-state index in [-0.39, 0.29) is 24.0 Å². The lowest BCUT2D eigenvalue weighted by molar-refractivity contribution is 0.208. The van der Waals surface area contributed by atoms with Crippen molar-refractivity contribution >= 4 is 29.9 Å². The SMILES string of the molecule is COCCN=C(NCCc1ccco1)NC1CCc2ccccc2C1.I. The summed E-state index contributed by atoms with van der Waals surface area (Å²) < 4.78 is 10.5. The number of aryl methyl sites for hydroxylation is 1. The summed E-state index contributed by atoms with van der Waals surface area (Å²) in [5.41, 5.74) is 2.92. The summed E-state index contributed by atoms with van der Waals surface area (Å²) in [6.45, 7) is 2.06. The van der Waals surface area contributed by atoms with Crippen LogP contribution >= 0.6 is 24.0 Å². The third-order valence-corrected chi connectivity index (χ3v) is 4.50. The van der Waals surface area contributed by atoms with Crippen LogP contribution in [-0.4, -0.2) is 38.8 Å². The fraction of sp³-hybridized carbons (Fsp3) is 0.450. The second-order valence-electron chi connectivity index (χ2n) is 6.33. The molecule has 0 fully saturated rings. The Morgan fingerprint density at radius 1 is 1.23 bits per heavy atom. The molecule has 1 aliphatic carbocycles. The van der Waals surface area contributed by atoms with Gasteiger partial charge in [-0.3, -0.25) is 4.99 Å². The smallest absolute Gasteiger partial charge is 0.191 e. The number of aliphatic imine (C=N–C) groups is 1. The Hall–Kier alpha value is -1.54. The third kappa shape index (κ3) is 6.32. The Morgan fingerprint density at radius 3 is 2.85 bits per heavy atom. The van der Waals surface area contributed by atoms with E-state index in [4.69, 9.17) is 9.15 Å². The van der Waals surface area contributed by atoms with Crippen LogP contribution in [0.25, 0.3) is 0 Å². The lowest BCUT2D eigenvalue weighted by Crippen LogP contribution is -2.46. The van der Waals surface area contributed by atoms with Gasteiger partial charge >= 0.3 is 0 Å². The van der Waals surface area contributed by atoms with Crippen molar-refractivity contribution in [2.75, 3.05) is 26.8 Å². The third-order valence-electron chi connectivity index (χ3n) is 4.50. The van der Waals surface area contributed by atoms with Crippen molar-refractivity contribution in [3.05, 3.63) is 59.5 Å². The van der Waals surface area contributed by atoms with E-state index in [2.05, 4.69) is 39.9 Å². The van der Waals surface area contributed by atoms with Crippen LogP contribution in [-0.2, 0) is 24.0 Å². The first-order valence-corrected chi connectivity index (χ1v) is 8.98. The minimum absolute atomic E-state index is 0. The van der Waals surface area contributed by atoms with Gasteiger partial charge in [0.25, 0.3) is 0 Å². The first kappa shape index (κ1) is 20.8. The fourth-order valence-electron chi connectivity index (χ4n) is 3.17. The number of nitrogens with zero attached hydrogens (tertiary/aromatic N) is 1. The highest BCUT2D eigenvalue weighted by atomic mass is 127. The Bertz CT molecular complexity index is 673. The van der Waals surface area contributed by atoms with Crippen LogP contribution in [0.5, 0.6) is 0 Å². The lowest BCUT2D eigenvalue weighted by Gasteiger charge is -2.27. The van der Waals surface area contributed by atoms with Gasteiger partial charge in [0, 0.05) is 26.1 Å². The molecule has 26 heavy (non-hydrogen) atoms. The lowest BCUT2D eigenvalue weighted by atomic mass is 9.88. The van der Waals surface area contributed by atoms with Crippen LogP contribution in [0.2, 0.25) is 0 Å². The van der Waals surface area contributed by atoms with Crippen LogP contribution in [0.4, 0.5) is 0 Å². The van der Waals surface area contributed by atoms with Crippen molar-refractivity contribution in [2.45, 2.75) is 31.7 Å². The molecule has 0 saturated heterocycles. The monoisotopic (exact) mass is 469 g/mol. The van der Waals surface area contributed by atoms with Gasteiger partial charge in [-0.1, -0.05) is 24.3 Å². The highest BCUT2D eigenvalue weighted by Crippen LogP contribution is 2.20. The maximum atomic E-state index is 5.38. The summed E-state index contributed by atoms with van der Waals surface area (Å²) in [6.07, 6.45) is 5.83. The predicted molar refractivity (Wildman–Crippen MR) is 115 cm³/mol. The average Bonchev–Trinajstić information content (AvgIpc) is 3.15. The van der Waals surface area contributed by atoms with Crippen molar-refractivity contribution in [3.63, 3.8) is 0 Å². The van der Waals surface area contributed by atoms with E-state index in [1.807, 2.05) is 12.1 Å². The molecule has 0 spiro atoms. The molecule has 2 N–H and O–H groups in total. The quantitative estimate of drug-likeness (QED) is 0.283. The molecule has 2 aromatic rings. The van der Waals surface area contributed by atoms with Gasteiger partial charge in [0.2, 0.25) is 0 Å². The standard InChI is InChI=1S/C20H27N3O2.HI/c1-24-14-12-22-20(21-11-10-19-7-4-13-25-19)23-18-9-8-16-5-2-3-6-17(16)15-18;/h2-7,13,18H,8-12,14-15H2,1H3,(H2,21,22,23);1H. The second-order valence-corrected chi connectivity index (χ2v) is 6.33. The number of nitrogens with one attached hydrogen (secondary N) is 2. The molecule has 0 amide bonds. The van der Waals surface area contributed by atoms with Crippen molar-refractivity contribution in [1.82, 2.24) is 10.6 Å². The molecule has 0 radical (unpaired) electrons. The zero-order valence-corrected chi connectivity index (χ0v) is 17.6. The molecule has 1 heterocycles. The predicted octanol–water partition coefficient (Wildman–Crippen LogP) is 3.18. The second kappa shape index (κ2) is 11.2. The number of benzene rings is 1. The first-order valence-electron chi connectivity index (χ1n) is 8.98. The van der Waals surface area contributed by atoms with Gasteiger partial charge in [-0.15, -0.1) is 24.0 Å². The topological polar surface area (TPSA) is 58.8 Å². The van der Waals surface area contributed by atoms with E-state index in [0.717, 1.165) is 43.9 Å². The number of furan rings is 1. The molecule has 1 aliphatic rings.